The van der Waals surface area contributed by atoms with Crippen molar-refractivity contribution in [1.82, 2.24) is 10.6 Å². The van der Waals surface area contributed by atoms with E-state index in [9.17, 15) is 4.79 Å². The number of rotatable bonds is 6. The Bertz CT molecular complexity index is 453. The molecule has 0 radical (unpaired) electrons. The van der Waals surface area contributed by atoms with Crippen molar-refractivity contribution in [2.75, 3.05) is 37.6 Å². The van der Waals surface area contributed by atoms with Gasteiger partial charge in [0.15, 0.2) is 0 Å². The summed E-state index contributed by atoms with van der Waals surface area (Å²) in [5.74, 6) is 0.0357. The minimum Gasteiger partial charge on any atom is -0.371 e. The molecule has 4 heteroatoms. The van der Waals surface area contributed by atoms with E-state index in [4.69, 9.17) is 0 Å². The number of aryl methyl sites for hydroxylation is 1. The van der Waals surface area contributed by atoms with Crippen LogP contribution >= 0.6 is 0 Å². The standard InChI is InChI=1S/C16H25N3O/c1-3-17-8-9-18-16(20)14-12-13(2)6-7-15(14)19-10-4-5-11-19/h6-7,12,17H,3-5,8-11H2,1-2H3,(H,18,20). The van der Waals surface area contributed by atoms with Gasteiger partial charge in [-0.1, -0.05) is 18.6 Å². The number of benzene rings is 1. The Kier molecular flexibility index (Phi) is 5.41. The third kappa shape index (κ3) is 3.73. The minimum absolute atomic E-state index is 0.0357. The zero-order valence-electron chi connectivity index (χ0n) is 12.5. The number of hydrogen-bond acceptors (Lipinski definition) is 3. The summed E-state index contributed by atoms with van der Waals surface area (Å²) < 4.78 is 0. The van der Waals surface area contributed by atoms with Gasteiger partial charge in [0.2, 0.25) is 0 Å². The van der Waals surface area contributed by atoms with Gasteiger partial charge in [0, 0.05) is 31.9 Å². The minimum atomic E-state index is 0.0357. The highest BCUT2D eigenvalue weighted by molar-refractivity contribution is 6.00. The topological polar surface area (TPSA) is 44.4 Å². The molecule has 0 aromatic heterocycles. The Hall–Kier alpha value is -1.55. The Morgan fingerprint density at radius 1 is 1.25 bits per heavy atom. The first-order valence-electron chi connectivity index (χ1n) is 7.57. The molecule has 20 heavy (non-hydrogen) atoms. The number of carbonyl (C=O) groups is 1. The fourth-order valence-electron chi connectivity index (χ4n) is 2.60. The predicted molar refractivity (Wildman–Crippen MR) is 83.5 cm³/mol. The summed E-state index contributed by atoms with van der Waals surface area (Å²) in [5, 5.41) is 6.21. The third-order valence-corrected chi connectivity index (χ3v) is 3.68. The van der Waals surface area contributed by atoms with Crippen LogP contribution < -0.4 is 15.5 Å². The van der Waals surface area contributed by atoms with Crippen LogP contribution in [0.2, 0.25) is 0 Å². The van der Waals surface area contributed by atoms with Gasteiger partial charge in [-0.2, -0.15) is 0 Å². The van der Waals surface area contributed by atoms with Crippen molar-refractivity contribution in [3.8, 4) is 0 Å². The summed E-state index contributed by atoms with van der Waals surface area (Å²) >= 11 is 0. The van der Waals surface area contributed by atoms with E-state index in [1.54, 1.807) is 0 Å². The van der Waals surface area contributed by atoms with Crippen molar-refractivity contribution in [2.24, 2.45) is 0 Å². The highest BCUT2D eigenvalue weighted by atomic mass is 16.1. The molecule has 2 N–H and O–H groups in total. The maximum atomic E-state index is 12.4. The smallest absolute Gasteiger partial charge is 0.253 e. The second kappa shape index (κ2) is 7.29. The summed E-state index contributed by atoms with van der Waals surface area (Å²) in [4.78, 5) is 14.7. The second-order valence-corrected chi connectivity index (χ2v) is 5.32. The molecule has 1 amide bonds. The number of hydrogen-bond donors (Lipinski definition) is 2. The lowest BCUT2D eigenvalue weighted by atomic mass is 10.1. The maximum absolute atomic E-state index is 12.4. The van der Waals surface area contributed by atoms with E-state index in [-0.39, 0.29) is 5.91 Å². The number of amides is 1. The molecule has 1 aromatic rings. The van der Waals surface area contributed by atoms with Crippen molar-refractivity contribution in [3.05, 3.63) is 29.3 Å². The maximum Gasteiger partial charge on any atom is 0.253 e. The quantitative estimate of drug-likeness (QED) is 0.780. The third-order valence-electron chi connectivity index (χ3n) is 3.68. The summed E-state index contributed by atoms with van der Waals surface area (Å²) in [6.07, 6.45) is 2.44. The molecule has 0 unspecified atom stereocenters. The molecule has 1 aliphatic rings. The molecule has 1 fully saturated rings. The molecule has 4 nitrogen and oxygen atoms in total. The molecule has 0 saturated carbocycles. The number of carbonyl (C=O) groups excluding carboxylic acids is 1. The van der Waals surface area contributed by atoms with E-state index < -0.39 is 0 Å². The molecule has 1 heterocycles. The number of nitrogens with one attached hydrogen (secondary N) is 2. The first-order valence-corrected chi connectivity index (χ1v) is 7.57. The SMILES string of the molecule is CCNCCNC(=O)c1cc(C)ccc1N1CCCC1. The van der Waals surface area contributed by atoms with E-state index in [0.29, 0.717) is 6.54 Å². The number of nitrogens with zero attached hydrogens (tertiary/aromatic N) is 1. The van der Waals surface area contributed by atoms with Crippen LogP contribution in [-0.2, 0) is 0 Å². The summed E-state index contributed by atoms with van der Waals surface area (Å²) in [5.41, 5.74) is 3.02. The lowest BCUT2D eigenvalue weighted by Crippen LogP contribution is -2.33. The summed E-state index contributed by atoms with van der Waals surface area (Å²) in [6, 6.07) is 6.17. The molecule has 1 aliphatic heterocycles. The van der Waals surface area contributed by atoms with Gasteiger partial charge in [0.1, 0.15) is 0 Å². The molecule has 0 aliphatic carbocycles. The normalized spacial score (nSPS) is 14.6. The van der Waals surface area contributed by atoms with Crippen molar-refractivity contribution in [2.45, 2.75) is 26.7 Å². The lowest BCUT2D eigenvalue weighted by molar-refractivity contribution is 0.0954. The van der Waals surface area contributed by atoms with Crippen molar-refractivity contribution >= 4 is 11.6 Å². The van der Waals surface area contributed by atoms with E-state index >= 15 is 0 Å². The lowest BCUT2D eigenvalue weighted by Gasteiger charge is -2.21. The van der Waals surface area contributed by atoms with Gasteiger partial charge in [0.05, 0.1) is 5.56 Å². The monoisotopic (exact) mass is 275 g/mol. The second-order valence-electron chi connectivity index (χ2n) is 5.32. The number of anilines is 1. The Labute approximate surface area is 121 Å². The highest BCUT2D eigenvalue weighted by Gasteiger charge is 2.19. The van der Waals surface area contributed by atoms with Gasteiger partial charge in [-0.05, 0) is 38.4 Å². The van der Waals surface area contributed by atoms with E-state index in [2.05, 4.69) is 34.6 Å². The van der Waals surface area contributed by atoms with Gasteiger partial charge in [0.25, 0.3) is 5.91 Å². The highest BCUT2D eigenvalue weighted by Crippen LogP contribution is 2.25. The fourth-order valence-corrected chi connectivity index (χ4v) is 2.60. The first-order chi connectivity index (χ1) is 9.72. The Morgan fingerprint density at radius 3 is 2.70 bits per heavy atom. The number of likely N-dealkylation sites (N-methyl/N-ethyl adjacent to an activating group) is 1. The van der Waals surface area contributed by atoms with Crippen LogP contribution in [0.3, 0.4) is 0 Å². The van der Waals surface area contributed by atoms with Crippen molar-refractivity contribution < 1.29 is 4.79 Å². The molecule has 110 valence electrons. The predicted octanol–water partition coefficient (Wildman–Crippen LogP) is 1.93. The molecule has 1 saturated heterocycles. The van der Waals surface area contributed by atoms with Crippen LogP contribution in [0.5, 0.6) is 0 Å². The molecular weight excluding hydrogens is 250 g/mol. The molecule has 2 rings (SSSR count). The van der Waals surface area contributed by atoms with Gasteiger partial charge < -0.3 is 15.5 Å². The molecular formula is C16H25N3O. The zero-order chi connectivity index (χ0) is 14.4. The van der Waals surface area contributed by atoms with Gasteiger partial charge >= 0.3 is 0 Å². The molecule has 0 atom stereocenters. The van der Waals surface area contributed by atoms with Gasteiger partial charge in [-0.15, -0.1) is 0 Å². The van der Waals surface area contributed by atoms with E-state index in [1.165, 1.54) is 12.8 Å². The van der Waals surface area contributed by atoms with Crippen LogP contribution in [0, 0.1) is 6.92 Å². The van der Waals surface area contributed by atoms with Crippen LogP contribution in [-0.4, -0.2) is 38.6 Å². The zero-order valence-corrected chi connectivity index (χ0v) is 12.5. The van der Waals surface area contributed by atoms with Crippen LogP contribution in [0.4, 0.5) is 5.69 Å². The first kappa shape index (κ1) is 14.9. The Morgan fingerprint density at radius 2 is 2.00 bits per heavy atom. The van der Waals surface area contributed by atoms with E-state index in [0.717, 1.165) is 43.0 Å². The molecule has 0 bridgehead atoms. The van der Waals surface area contributed by atoms with Crippen molar-refractivity contribution in [3.63, 3.8) is 0 Å². The molecule has 1 aromatic carbocycles. The summed E-state index contributed by atoms with van der Waals surface area (Å²) in [7, 11) is 0. The van der Waals surface area contributed by atoms with Crippen LogP contribution in [0.1, 0.15) is 35.7 Å². The van der Waals surface area contributed by atoms with Crippen molar-refractivity contribution in [1.29, 1.82) is 0 Å². The Balaban J connectivity index is 2.08. The van der Waals surface area contributed by atoms with E-state index in [1.807, 2.05) is 13.0 Å². The fraction of sp³-hybridized carbons (Fsp3) is 0.562. The molecule has 0 spiro atoms. The van der Waals surface area contributed by atoms with Crippen LogP contribution in [0.15, 0.2) is 18.2 Å². The van der Waals surface area contributed by atoms with Crippen LogP contribution in [0.25, 0.3) is 0 Å². The van der Waals surface area contributed by atoms with Gasteiger partial charge in [-0.3, -0.25) is 4.79 Å². The summed E-state index contributed by atoms with van der Waals surface area (Å²) in [6.45, 7) is 8.62. The average Bonchev–Trinajstić information content (AvgIpc) is 2.97. The van der Waals surface area contributed by atoms with Gasteiger partial charge in [-0.25, -0.2) is 0 Å². The largest absolute Gasteiger partial charge is 0.371 e. The average molecular weight is 275 g/mol.